The van der Waals surface area contributed by atoms with Crippen LogP contribution in [0.2, 0.25) is 0 Å². The monoisotopic (exact) mass is 409 g/mol. The molecule has 1 aromatic carbocycles. The first-order valence-corrected chi connectivity index (χ1v) is 9.96. The topological polar surface area (TPSA) is 34.1 Å². The third-order valence-electron chi connectivity index (χ3n) is 4.73. The number of hydrogen-bond donors (Lipinski definition) is 1. The van der Waals surface area contributed by atoms with Gasteiger partial charge in [-0.3, -0.25) is 9.89 Å². The van der Waals surface area contributed by atoms with Gasteiger partial charge in [-0.15, -0.1) is 0 Å². The van der Waals surface area contributed by atoms with Crippen molar-refractivity contribution in [2.24, 2.45) is 4.99 Å². The number of rotatable bonds is 6. The molecule has 1 saturated heterocycles. The van der Waals surface area contributed by atoms with E-state index in [0.29, 0.717) is 6.04 Å². The van der Waals surface area contributed by atoms with Crippen LogP contribution < -0.4 is 5.32 Å². The molecule has 0 aromatic heterocycles. The molecule has 1 atom stereocenters. The van der Waals surface area contributed by atoms with Gasteiger partial charge in [0.15, 0.2) is 5.96 Å². The van der Waals surface area contributed by atoms with E-state index in [9.17, 15) is 0 Å². The zero-order chi connectivity index (χ0) is 18.2. The van der Waals surface area contributed by atoms with Crippen LogP contribution in [0.15, 0.2) is 33.7 Å². The summed E-state index contributed by atoms with van der Waals surface area (Å²) in [6.45, 7) is 11.5. The maximum atomic E-state index is 4.89. The average Bonchev–Trinajstić information content (AvgIpc) is 2.60. The van der Waals surface area contributed by atoms with Gasteiger partial charge in [0.25, 0.3) is 0 Å². The van der Waals surface area contributed by atoms with Crippen molar-refractivity contribution in [1.82, 2.24) is 20.0 Å². The molecular formula is C19H32BrN5. The van der Waals surface area contributed by atoms with Crippen molar-refractivity contribution in [3.63, 3.8) is 0 Å². The third-order valence-corrected chi connectivity index (χ3v) is 5.50. The smallest absolute Gasteiger partial charge is 0.194 e. The van der Waals surface area contributed by atoms with Gasteiger partial charge in [-0.1, -0.05) is 34.1 Å². The summed E-state index contributed by atoms with van der Waals surface area (Å²) in [5.41, 5.74) is 1.27. The first-order chi connectivity index (χ1) is 12.0. The number of aliphatic imine (C=N–C) groups is 1. The average molecular weight is 410 g/mol. The summed E-state index contributed by atoms with van der Waals surface area (Å²) in [5.74, 6) is 0.972. The predicted molar refractivity (Wildman–Crippen MR) is 110 cm³/mol. The van der Waals surface area contributed by atoms with Crippen molar-refractivity contribution in [3.8, 4) is 0 Å². The van der Waals surface area contributed by atoms with Crippen molar-refractivity contribution in [2.45, 2.75) is 26.4 Å². The van der Waals surface area contributed by atoms with Crippen LogP contribution in [0.5, 0.6) is 0 Å². The van der Waals surface area contributed by atoms with Gasteiger partial charge in [-0.05, 0) is 32.5 Å². The standard InChI is InChI=1S/C19H32BrN5/c1-5-21-19(24(4)15-17-8-6-7-9-18(17)20)22-14-16(2)25-12-10-23(3)11-13-25/h6-9,16H,5,10-15H2,1-4H3,(H,21,22). The second kappa shape index (κ2) is 10.1. The highest BCUT2D eigenvalue weighted by molar-refractivity contribution is 9.10. The second-order valence-electron chi connectivity index (χ2n) is 6.83. The molecule has 1 unspecified atom stereocenters. The molecule has 0 spiro atoms. The summed E-state index contributed by atoms with van der Waals surface area (Å²) in [7, 11) is 4.29. The summed E-state index contributed by atoms with van der Waals surface area (Å²) in [6.07, 6.45) is 0. The van der Waals surface area contributed by atoms with E-state index >= 15 is 0 Å². The summed E-state index contributed by atoms with van der Waals surface area (Å²) in [6, 6.07) is 8.83. The maximum absolute atomic E-state index is 4.89. The highest BCUT2D eigenvalue weighted by Gasteiger charge is 2.19. The minimum absolute atomic E-state index is 0.471. The van der Waals surface area contributed by atoms with E-state index in [-0.39, 0.29) is 0 Å². The number of piperazine rings is 1. The molecule has 1 aromatic rings. The van der Waals surface area contributed by atoms with Gasteiger partial charge in [0.2, 0.25) is 0 Å². The van der Waals surface area contributed by atoms with Crippen molar-refractivity contribution < 1.29 is 0 Å². The van der Waals surface area contributed by atoms with Gasteiger partial charge in [0.1, 0.15) is 0 Å². The Morgan fingerprint density at radius 2 is 1.96 bits per heavy atom. The molecule has 1 aliphatic heterocycles. The molecule has 1 N–H and O–H groups in total. The number of nitrogens with one attached hydrogen (secondary N) is 1. The lowest BCUT2D eigenvalue weighted by atomic mass is 10.2. The van der Waals surface area contributed by atoms with Crippen LogP contribution >= 0.6 is 15.9 Å². The van der Waals surface area contributed by atoms with E-state index in [1.54, 1.807) is 0 Å². The zero-order valence-electron chi connectivity index (χ0n) is 16.0. The number of benzene rings is 1. The van der Waals surface area contributed by atoms with Crippen LogP contribution in [0.25, 0.3) is 0 Å². The largest absolute Gasteiger partial charge is 0.357 e. The Balaban J connectivity index is 1.96. The van der Waals surface area contributed by atoms with E-state index in [4.69, 9.17) is 4.99 Å². The van der Waals surface area contributed by atoms with Crippen LogP contribution in [0.1, 0.15) is 19.4 Å². The van der Waals surface area contributed by atoms with Gasteiger partial charge >= 0.3 is 0 Å². The molecule has 25 heavy (non-hydrogen) atoms. The van der Waals surface area contributed by atoms with E-state index in [1.165, 1.54) is 5.56 Å². The van der Waals surface area contributed by atoms with Gasteiger partial charge in [-0.25, -0.2) is 0 Å². The van der Waals surface area contributed by atoms with Crippen LogP contribution in [-0.4, -0.2) is 80.1 Å². The summed E-state index contributed by atoms with van der Waals surface area (Å²) in [5, 5.41) is 3.42. The second-order valence-corrected chi connectivity index (χ2v) is 7.68. The molecule has 0 amide bonds. The van der Waals surface area contributed by atoms with Crippen LogP contribution in [0.4, 0.5) is 0 Å². The molecule has 2 rings (SSSR count). The lowest BCUT2D eigenvalue weighted by Gasteiger charge is -2.36. The first-order valence-electron chi connectivity index (χ1n) is 9.16. The molecule has 0 radical (unpaired) electrons. The van der Waals surface area contributed by atoms with Gasteiger partial charge in [-0.2, -0.15) is 0 Å². The summed E-state index contributed by atoms with van der Waals surface area (Å²) < 4.78 is 1.14. The number of hydrogen-bond acceptors (Lipinski definition) is 3. The molecule has 1 heterocycles. The molecule has 0 saturated carbocycles. The Morgan fingerprint density at radius 3 is 2.60 bits per heavy atom. The lowest BCUT2D eigenvalue weighted by molar-refractivity contribution is 0.122. The molecule has 5 nitrogen and oxygen atoms in total. The number of nitrogens with zero attached hydrogens (tertiary/aromatic N) is 4. The normalized spacial score (nSPS) is 18.2. The Bertz CT molecular complexity index is 555. The van der Waals surface area contributed by atoms with Crippen molar-refractivity contribution in [1.29, 1.82) is 0 Å². The fourth-order valence-corrected chi connectivity index (χ4v) is 3.43. The van der Waals surface area contributed by atoms with Gasteiger partial charge in [0, 0.05) is 56.8 Å². The molecular weight excluding hydrogens is 378 g/mol. The minimum Gasteiger partial charge on any atom is -0.357 e. The third kappa shape index (κ3) is 6.28. The van der Waals surface area contributed by atoms with E-state index in [2.05, 4.69) is 82.1 Å². The first kappa shape index (κ1) is 20.2. The number of halogens is 1. The van der Waals surface area contributed by atoms with E-state index in [1.807, 2.05) is 6.07 Å². The van der Waals surface area contributed by atoms with Crippen molar-refractivity contribution in [2.75, 3.05) is 53.4 Å². The molecule has 1 aliphatic rings. The minimum atomic E-state index is 0.471. The molecule has 0 aliphatic carbocycles. The van der Waals surface area contributed by atoms with Crippen LogP contribution in [0, 0.1) is 0 Å². The van der Waals surface area contributed by atoms with E-state index < -0.39 is 0 Å². The molecule has 6 heteroatoms. The maximum Gasteiger partial charge on any atom is 0.194 e. The van der Waals surface area contributed by atoms with Crippen molar-refractivity contribution in [3.05, 3.63) is 34.3 Å². The van der Waals surface area contributed by atoms with Gasteiger partial charge in [0.05, 0.1) is 6.54 Å². The number of guanidine groups is 1. The fraction of sp³-hybridized carbons (Fsp3) is 0.632. The highest BCUT2D eigenvalue weighted by Crippen LogP contribution is 2.17. The van der Waals surface area contributed by atoms with Crippen molar-refractivity contribution >= 4 is 21.9 Å². The Labute approximate surface area is 161 Å². The van der Waals surface area contributed by atoms with Crippen LogP contribution in [0.3, 0.4) is 0 Å². The highest BCUT2D eigenvalue weighted by atomic mass is 79.9. The zero-order valence-corrected chi connectivity index (χ0v) is 17.6. The summed E-state index contributed by atoms with van der Waals surface area (Å²) in [4.78, 5) is 12.0. The Morgan fingerprint density at radius 1 is 1.28 bits per heavy atom. The van der Waals surface area contributed by atoms with Gasteiger partial charge < -0.3 is 15.1 Å². The lowest BCUT2D eigenvalue weighted by Crippen LogP contribution is -2.49. The Kier molecular flexibility index (Phi) is 8.19. The quantitative estimate of drug-likeness (QED) is 0.577. The van der Waals surface area contributed by atoms with Crippen LogP contribution in [-0.2, 0) is 6.54 Å². The Hall–Kier alpha value is -1.11. The SMILES string of the molecule is CCNC(=NCC(C)N1CCN(C)CC1)N(C)Cc1ccccc1Br. The molecule has 140 valence electrons. The number of likely N-dealkylation sites (N-methyl/N-ethyl adjacent to an activating group) is 1. The summed E-state index contributed by atoms with van der Waals surface area (Å²) >= 11 is 3.63. The molecule has 1 fully saturated rings. The fourth-order valence-electron chi connectivity index (χ4n) is 3.02. The van der Waals surface area contributed by atoms with E-state index in [0.717, 1.165) is 56.2 Å². The molecule has 0 bridgehead atoms. The predicted octanol–water partition coefficient (Wildman–Crippen LogP) is 2.48.